The third-order valence-corrected chi connectivity index (χ3v) is 5.42. The second-order valence-corrected chi connectivity index (χ2v) is 7.57. The highest BCUT2D eigenvalue weighted by atomic mass is 32.2. The Hall–Kier alpha value is -3.98. The molecule has 0 atom stereocenters. The van der Waals surface area contributed by atoms with Gasteiger partial charge in [0.25, 0.3) is 15.7 Å². The molecule has 0 aliphatic heterocycles. The summed E-state index contributed by atoms with van der Waals surface area (Å²) in [6, 6.07) is 9.24. The van der Waals surface area contributed by atoms with Crippen LogP contribution >= 0.6 is 0 Å². The fraction of sp³-hybridized carbons (Fsp3) is 0.0588. The minimum absolute atomic E-state index is 0.0137. The van der Waals surface area contributed by atoms with E-state index in [1.54, 1.807) is 6.07 Å². The van der Waals surface area contributed by atoms with Gasteiger partial charge >= 0.3 is 0 Å². The molecule has 3 rings (SSSR count). The van der Waals surface area contributed by atoms with Gasteiger partial charge in [-0.1, -0.05) is 12.1 Å². The first-order chi connectivity index (χ1) is 13.7. The molecule has 1 aromatic heterocycles. The van der Waals surface area contributed by atoms with Crippen molar-refractivity contribution in [3.8, 4) is 11.8 Å². The topological polar surface area (TPSA) is 157 Å². The summed E-state index contributed by atoms with van der Waals surface area (Å²) in [5, 5.41) is 24.1. The van der Waals surface area contributed by atoms with Crippen LogP contribution in [0.15, 0.2) is 47.5 Å². The highest BCUT2D eigenvalue weighted by molar-refractivity contribution is 7.92. The van der Waals surface area contributed by atoms with Gasteiger partial charge in [-0.15, -0.1) is 0 Å². The first-order valence-electron chi connectivity index (χ1n) is 7.96. The fourth-order valence-electron chi connectivity index (χ4n) is 2.63. The maximum Gasteiger partial charge on any atom is 0.273 e. The van der Waals surface area contributed by atoms with E-state index in [0.29, 0.717) is 6.07 Å². The normalized spacial score (nSPS) is 11.1. The van der Waals surface area contributed by atoms with Crippen LogP contribution in [-0.4, -0.2) is 23.1 Å². The number of nitrogens with zero attached hydrogens (tertiary/aromatic N) is 4. The summed E-state index contributed by atoms with van der Waals surface area (Å²) in [6.45, 7) is 1.30. The number of hydrogen-bond donors (Lipinski definition) is 2. The van der Waals surface area contributed by atoms with E-state index in [2.05, 4.69) is 9.82 Å². The number of nitriles is 1. The Morgan fingerprint density at radius 1 is 1.34 bits per heavy atom. The van der Waals surface area contributed by atoms with Crippen LogP contribution in [-0.2, 0) is 10.0 Å². The predicted molar refractivity (Wildman–Crippen MR) is 101 cm³/mol. The number of hydrogen-bond acceptors (Lipinski definition) is 7. The summed E-state index contributed by atoms with van der Waals surface area (Å²) < 4.78 is 43.2. The molecule has 2 aromatic carbocycles. The lowest BCUT2D eigenvalue weighted by atomic mass is 10.2. The quantitative estimate of drug-likeness (QED) is 0.478. The first-order valence-corrected chi connectivity index (χ1v) is 9.44. The Bertz CT molecular complexity index is 1280. The van der Waals surface area contributed by atoms with Gasteiger partial charge in [0.05, 0.1) is 22.5 Å². The zero-order chi connectivity index (χ0) is 21.3. The molecule has 0 bridgehead atoms. The molecule has 1 heterocycles. The number of nitrogen functional groups attached to an aromatic ring is 1. The van der Waals surface area contributed by atoms with Crippen molar-refractivity contribution in [2.75, 3.05) is 10.5 Å². The molecule has 0 radical (unpaired) electrons. The van der Waals surface area contributed by atoms with E-state index in [1.165, 1.54) is 31.3 Å². The minimum Gasteiger partial charge on any atom is -0.382 e. The van der Waals surface area contributed by atoms with E-state index in [1.807, 2.05) is 6.07 Å². The lowest BCUT2D eigenvalue weighted by molar-refractivity contribution is -0.385. The third-order valence-electron chi connectivity index (χ3n) is 4.04. The molecule has 0 unspecified atom stereocenters. The van der Waals surface area contributed by atoms with Gasteiger partial charge in [0.1, 0.15) is 28.2 Å². The van der Waals surface area contributed by atoms with Crippen LogP contribution in [0.5, 0.6) is 0 Å². The van der Waals surface area contributed by atoms with E-state index in [-0.39, 0.29) is 28.3 Å². The van der Waals surface area contributed by atoms with E-state index < -0.39 is 31.3 Å². The Labute approximate surface area is 164 Å². The van der Waals surface area contributed by atoms with E-state index >= 15 is 0 Å². The van der Waals surface area contributed by atoms with Gasteiger partial charge in [-0.2, -0.15) is 10.4 Å². The largest absolute Gasteiger partial charge is 0.382 e. The monoisotopic (exact) mass is 416 g/mol. The number of nitrogens with two attached hydrogens (primary N) is 1. The van der Waals surface area contributed by atoms with E-state index in [4.69, 9.17) is 11.0 Å². The maximum atomic E-state index is 14.3. The number of rotatable bonds is 5. The fourth-order valence-corrected chi connectivity index (χ4v) is 3.78. The highest BCUT2D eigenvalue weighted by Crippen LogP contribution is 2.29. The zero-order valence-electron chi connectivity index (χ0n) is 14.8. The molecular formula is C17H13FN6O4S. The first kappa shape index (κ1) is 19.8. The molecule has 29 heavy (non-hydrogen) atoms. The van der Waals surface area contributed by atoms with E-state index in [0.717, 1.165) is 10.7 Å². The average molecular weight is 416 g/mol. The van der Waals surface area contributed by atoms with Gasteiger partial charge < -0.3 is 5.73 Å². The molecule has 0 amide bonds. The second-order valence-electron chi connectivity index (χ2n) is 5.92. The molecule has 3 N–H and O–H groups in total. The van der Waals surface area contributed by atoms with Gasteiger partial charge in [0.15, 0.2) is 0 Å². The molecule has 0 aliphatic rings. The smallest absolute Gasteiger partial charge is 0.273 e. The Kier molecular flexibility index (Phi) is 4.92. The summed E-state index contributed by atoms with van der Waals surface area (Å²) >= 11 is 0. The highest BCUT2D eigenvalue weighted by Gasteiger charge is 2.26. The van der Waals surface area contributed by atoms with E-state index in [9.17, 15) is 22.9 Å². The van der Waals surface area contributed by atoms with Crippen molar-refractivity contribution >= 4 is 27.2 Å². The summed E-state index contributed by atoms with van der Waals surface area (Å²) in [7, 11) is -4.54. The molecule has 10 nitrogen and oxygen atoms in total. The summed E-state index contributed by atoms with van der Waals surface area (Å²) in [6.07, 6.45) is 1.21. The maximum absolute atomic E-state index is 14.3. The number of nitrogens with one attached hydrogen (secondary N) is 1. The van der Waals surface area contributed by atoms with Crippen molar-refractivity contribution < 1.29 is 17.7 Å². The van der Waals surface area contributed by atoms with Crippen molar-refractivity contribution in [2.45, 2.75) is 11.8 Å². The molecule has 0 saturated carbocycles. The van der Waals surface area contributed by atoms with Gasteiger partial charge in [0.2, 0.25) is 0 Å². The lowest BCUT2D eigenvalue weighted by Crippen LogP contribution is -2.17. The number of nitro benzene ring substituents is 1. The number of benzene rings is 2. The molecule has 0 aliphatic carbocycles. The summed E-state index contributed by atoms with van der Waals surface area (Å²) in [4.78, 5) is 9.42. The molecule has 0 saturated heterocycles. The van der Waals surface area contributed by atoms with Crippen molar-refractivity contribution in [1.29, 1.82) is 5.26 Å². The number of aryl methyl sites for hydroxylation is 1. The van der Waals surface area contributed by atoms with Gasteiger partial charge in [0, 0.05) is 11.6 Å². The van der Waals surface area contributed by atoms with Gasteiger partial charge in [-0.25, -0.2) is 17.5 Å². The molecule has 3 aromatic rings. The standard InChI is InChI=1S/C17H13FN6O4S/c1-10-6-12(18)16(7-15(10)24(25)26)29(27,28)22-13-4-2-3-5-14(13)23-17(20)11(8-19)9-21-23/h2-7,9,22H,20H2,1H3. The Balaban J connectivity index is 2.10. The number of anilines is 2. The predicted octanol–water partition coefficient (Wildman–Crippen LogP) is 2.48. The van der Waals surface area contributed by atoms with Crippen LogP contribution in [0.4, 0.5) is 21.6 Å². The Morgan fingerprint density at radius 2 is 2.03 bits per heavy atom. The minimum atomic E-state index is -4.54. The molecule has 12 heteroatoms. The number of sulfonamides is 1. The summed E-state index contributed by atoms with van der Waals surface area (Å²) in [5.74, 6) is -1.15. The van der Waals surface area contributed by atoms with Crippen molar-refractivity contribution in [3.63, 3.8) is 0 Å². The van der Waals surface area contributed by atoms with Crippen molar-refractivity contribution in [3.05, 3.63) is 69.7 Å². The molecule has 148 valence electrons. The number of nitro groups is 1. The SMILES string of the molecule is Cc1cc(F)c(S(=O)(=O)Nc2ccccc2-n2ncc(C#N)c2N)cc1[N+](=O)[O-]. The number of aromatic nitrogens is 2. The number of halogens is 1. The average Bonchev–Trinajstić information content (AvgIpc) is 3.01. The van der Waals surface area contributed by atoms with Crippen molar-refractivity contribution in [2.24, 2.45) is 0 Å². The van der Waals surface area contributed by atoms with Crippen LogP contribution in [0.25, 0.3) is 5.69 Å². The molecular weight excluding hydrogens is 403 g/mol. The summed E-state index contributed by atoms with van der Waals surface area (Å²) in [5.41, 5.74) is 5.55. The zero-order valence-corrected chi connectivity index (χ0v) is 15.6. The Morgan fingerprint density at radius 3 is 2.66 bits per heavy atom. The molecule has 0 spiro atoms. The number of para-hydroxylation sites is 2. The van der Waals surface area contributed by atoms with Crippen LogP contribution in [0, 0.1) is 34.2 Å². The molecule has 0 fully saturated rings. The second kappa shape index (κ2) is 7.21. The van der Waals surface area contributed by atoms with Crippen molar-refractivity contribution in [1.82, 2.24) is 9.78 Å². The van der Waals surface area contributed by atoms with Gasteiger partial charge in [-0.3, -0.25) is 14.8 Å². The lowest BCUT2D eigenvalue weighted by Gasteiger charge is -2.14. The van der Waals surface area contributed by atoms with Gasteiger partial charge in [-0.05, 0) is 25.1 Å². The van der Waals surface area contributed by atoms with Crippen LogP contribution in [0.1, 0.15) is 11.1 Å². The van der Waals surface area contributed by atoms with Crippen LogP contribution in [0.3, 0.4) is 0 Å². The third kappa shape index (κ3) is 3.58. The van der Waals surface area contributed by atoms with Crippen LogP contribution < -0.4 is 10.5 Å². The van der Waals surface area contributed by atoms with Crippen LogP contribution in [0.2, 0.25) is 0 Å².